The summed E-state index contributed by atoms with van der Waals surface area (Å²) in [6.07, 6.45) is 0.0326. The van der Waals surface area contributed by atoms with Gasteiger partial charge in [0.05, 0.1) is 6.10 Å². The molecule has 6 nitrogen and oxygen atoms in total. The van der Waals surface area contributed by atoms with Gasteiger partial charge in [0, 0.05) is 17.2 Å². The number of halogens is 1. The van der Waals surface area contributed by atoms with Crippen molar-refractivity contribution in [2.24, 2.45) is 5.92 Å². The summed E-state index contributed by atoms with van der Waals surface area (Å²) < 4.78 is 29.7. The Balaban J connectivity index is 3.07. The van der Waals surface area contributed by atoms with Crippen LogP contribution in [0.15, 0.2) is 5.16 Å². The Morgan fingerprint density at radius 3 is 2.33 bits per heavy atom. The minimum absolute atomic E-state index is 0.0326. The fourth-order valence-corrected chi connectivity index (χ4v) is 2.32. The molecule has 0 fully saturated rings. The number of ether oxygens (including phenoxy) is 1. The van der Waals surface area contributed by atoms with Crippen molar-refractivity contribution < 1.29 is 13.2 Å². The van der Waals surface area contributed by atoms with Gasteiger partial charge in [0.1, 0.15) is 6.61 Å². The predicted molar refractivity (Wildman–Crippen MR) is 67.8 cm³/mol. The Bertz CT molecular complexity index is 496. The summed E-state index contributed by atoms with van der Waals surface area (Å²) in [5.41, 5.74) is 0. The Morgan fingerprint density at radius 1 is 1.28 bits per heavy atom. The topological polar surface area (TPSA) is 74.1 Å². The van der Waals surface area contributed by atoms with E-state index in [1.807, 2.05) is 27.7 Å². The second-order valence-corrected chi connectivity index (χ2v) is 7.16. The van der Waals surface area contributed by atoms with Gasteiger partial charge < -0.3 is 4.74 Å². The molecular formula is C10H18ClN3O3S. The van der Waals surface area contributed by atoms with Crippen LogP contribution in [0.25, 0.3) is 0 Å². The van der Waals surface area contributed by atoms with Gasteiger partial charge in [-0.3, -0.25) is 4.57 Å². The molecule has 0 saturated carbocycles. The molecule has 0 bridgehead atoms. The molecule has 0 aliphatic carbocycles. The van der Waals surface area contributed by atoms with Crippen LogP contribution in [0.2, 0.25) is 0 Å². The highest BCUT2D eigenvalue weighted by molar-refractivity contribution is 8.13. The van der Waals surface area contributed by atoms with Crippen molar-refractivity contribution in [1.82, 2.24) is 14.8 Å². The number of hydrogen-bond donors (Lipinski definition) is 0. The molecule has 0 spiro atoms. The van der Waals surface area contributed by atoms with Gasteiger partial charge in [-0.2, -0.15) is 0 Å². The zero-order chi connectivity index (χ0) is 13.9. The third-order valence-electron chi connectivity index (χ3n) is 2.11. The maximum Gasteiger partial charge on any atom is 0.296 e. The smallest absolute Gasteiger partial charge is 0.296 e. The van der Waals surface area contributed by atoms with E-state index in [0.29, 0.717) is 12.4 Å². The Kier molecular flexibility index (Phi) is 5.12. The average Bonchev–Trinajstić information content (AvgIpc) is 2.56. The molecule has 0 N–H and O–H groups in total. The van der Waals surface area contributed by atoms with Crippen LogP contribution < -0.4 is 0 Å². The first kappa shape index (κ1) is 15.4. The summed E-state index contributed by atoms with van der Waals surface area (Å²) in [6, 6.07) is 0. The van der Waals surface area contributed by atoms with Crippen LogP contribution in [-0.4, -0.2) is 29.3 Å². The lowest BCUT2D eigenvalue weighted by atomic mass is 10.2. The first-order valence-corrected chi connectivity index (χ1v) is 8.01. The molecule has 104 valence electrons. The minimum atomic E-state index is -3.89. The lowest BCUT2D eigenvalue weighted by Gasteiger charge is -2.12. The van der Waals surface area contributed by atoms with Gasteiger partial charge in [-0.15, -0.1) is 10.2 Å². The fraction of sp³-hybridized carbons (Fsp3) is 0.800. The highest BCUT2D eigenvalue weighted by Crippen LogP contribution is 2.16. The molecule has 0 amide bonds. The molecule has 18 heavy (non-hydrogen) atoms. The van der Waals surface area contributed by atoms with Gasteiger partial charge >= 0.3 is 0 Å². The van der Waals surface area contributed by atoms with Crippen molar-refractivity contribution in [3.8, 4) is 0 Å². The lowest BCUT2D eigenvalue weighted by Crippen LogP contribution is -2.15. The monoisotopic (exact) mass is 295 g/mol. The Labute approximate surface area is 112 Å². The van der Waals surface area contributed by atoms with Gasteiger partial charge in [0.15, 0.2) is 5.82 Å². The first-order valence-electron chi connectivity index (χ1n) is 5.70. The molecule has 1 aromatic heterocycles. The average molecular weight is 296 g/mol. The minimum Gasteiger partial charge on any atom is -0.371 e. The van der Waals surface area contributed by atoms with Crippen LogP contribution in [0.4, 0.5) is 0 Å². The SMILES string of the molecule is CC(C)Cn1c(COC(C)C)nnc1S(=O)(=O)Cl. The van der Waals surface area contributed by atoms with E-state index in [2.05, 4.69) is 10.2 Å². The van der Waals surface area contributed by atoms with E-state index in [9.17, 15) is 8.42 Å². The first-order chi connectivity index (χ1) is 8.21. The Morgan fingerprint density at radius 2 is 1.89 bits per heavy atom. The van der Waals surface area contributed by atoms with Crippen LogP contribution in [0, 0.1) is 5.92 Å². The van der Waals surface area contributed by atoms with Gasteiger partial charge in [-0.05, 0) is 19.8 Å². The molecule has 8 heteroatoms. The van der Waals surface area contributed by atoms with E-state index in [1.165, 1.54) is 4.57 Å². The van der Waals surface area contributed by atoms with E-state index in [-0.39, 0.29) is 23.8 Å². The van der Waals surface area contributed by atoms with Crippen molar-refractivity contribution in [3.63, 3.8) is 0 Å². The van der Waals surface area contributed by atoms with Crippen molar-refractivity contribution >= 4 is 19.7 Å². The number of nitrogens with zero attached hydrogens (tertiary/aromatic N) is 3. The Hall–Kier alpha value is -0.660. The summed E-state index contributed by atoms with van der Waals surface area (Å²) in [7, 11) is 1.44. The fourth-order valence-electron chi connectivity index (χ4n) is 1.40. The largest absolute Gasteiger partial charge is 0.371 e. The lowest BCUT2D eigenvalue weighted by molar-refractivity contribution is 0.0586. The van der Waals surface area contributed by atoms with Gasteiger partial charge in [-0.25, -0.2) is 8.42 Å². The summed E-state index contributed by atoms with van der Waals surface area (Å²) >= 11 is 0. The summed E-state index contributed by atoms with van der Waals surface area (Å²) in [6.45, 7) is 8.41. The number of rotatable bonds is 6. The van der Waals surface area contributed by atoms with Crippen LogP contribution in [0.5, 0.6) is 0 Å². The third kappa shape index (κ3) is 4.22. The van der Waals surface area contributed by atoms with Gasteiger partial charge in [0.25, 0.3) is 14.2 Å². The molecular weight excluding hydrogens is 278 g/mol. The van der Waals surface area contributed by atoms with Gasteiger partial charge in [0.2, 0.25) is 0 Å². The molecule has 0 radical (unpaired) electrons. The third-order valence-corrected chi connectivity index (χ3v) is 3.26. The second kappa shape index (κ2) is 5.99. The predicted octanol–water partition coefficient (Wildman–Crippen LogP) is 1.79. The van der Waals surface area contributed by atoms with Crippen LogP contribution in [0.1, 0.15) is 33.5 Å². The van der Waals surface area contributed by atoms with E-state index in [0.717, 1.165) is 0 Å². The summed E-state index contributed by atoms with van der Waals surface area (Å²) in [4.78, 5) is 0. The highest BCUT2D eigenvalue weighted by Gasteiger charge is 2.23. The highest BCUT2D eigenvalue weighted by atomic mass is 35.7. The maximum absolute atomic E-state index is 11.4. The molecule has 1 heterocycles. The van der Waals surface area contributed by atoms with Crippen molar-refractivity contribution in [2.45, 2.75) is 52.1 Å². The van der Waals surface area contributed by atoms with Crippen LogP contribution in [-0.2, 0) is 26.9 Å². The molecule has 0 aliphatic rings. The van der Waals surface area contributed by atoms with Crippen molar-refractivity contribution in [3.05, 3.63) is 5.82 Å². The van der Waals surface area contributed by atoms with Crippen LogP contribution in [0.3, 0.4) is 0 Å². The van der Waals surface area contributed by atoms with E-state index >= 15 is 0 Å². The quantitative estimate of drug-likeness (QED) is 0.748. The molecule has 0 unspecified atom stereocenters. The van der Waals surface area contributed by atoms with Gasteiger partial charge in [-0.1, -0.05) is 13.8 Å². The molecule has 0 aliphatic heterocycles. The zero-order valence-corrected chi connectivity index (χ0v) is 12.5. The van der Waals surface area contributed by atoms with Crippen molar-refractivity contribution in [1.29, 1.82) is 0 Å². The van der Waals surface area contributed by atoms with E-state index in [4.69, 9.17) is 15.4 Å². The van der Waals surface area contributed by atoms with Crippen molar-refractivity contribution in [2.75, 3.05) is 0 Å². The molecule has 1 aromatic rings. The second-order valence-electron chi connectivity index (χ2n) is 4.70. The zero-order valence-electron chi connectivity index (χ0n) is 10.9. The van der Waals surface area contributed by atoms with E-state index < -0.39 is 9.05 Å². The summed E-state index contributed by atoms with van der Waals surface area (Å²) in [5, 5.41) is 7.24. The molecule has 0 saturated heterocycles. The number of hydrogen-bond acceptors (Lipinski definition) is 5. The normalized spacial score (nSPS) is 12.6. The summed E-state index contributed by atoms with van der Waals surface area (Å²) in [5.74, 6) is 0.715. The molecule has 0 aromatic carbocycles. The molecule has 0 atom stereocenters. The molecule has 1 rings (SSSR count). The number of aromatic nitrogens is 3. The van der Waals surface area contributed by atoms with E-state index in [1.54, 1.807) is 0 Å². The maximum atomic E-state index is 11.4. The standard InChI is InChI=1S/C10H18ClN3O3S/c1-7(2)5-14-9(6-17-8(3)4)12-13-10(14)18(11,15)16/h7-8H,5-6H2,1-4H3. The van der Waals surface area contributed by atoms with Crippen LogP contribution >= 0.6 is 10.7 Å².